The van der Waals surface area contributed by atoms with Gasteiger partial charge in [0.05, 0.1) is 13.0 Å². The number of carbonyl (C=O) groups is 1. The molecule has 0 radical (unpaired) electrons. The first-order valence-electron chi connectivity index (χ1n) is 10.0. The standard InChI is InChI=1S/C21H44O4Si2/c1-13-21(15-18(22)23-14-2,16-24-26(9,10)19(3,4)5)17-25-27(11,12)20(6,7)8/h13H,1,14-17H2,2-12H3. The highest BCUT2D eigenvalue weighted by molar-refractivity contribution is 6.74. The van der Waals surface area contributed by atoms with Gasteiger partial charge < -0.3 is 13.6 Å². The van der Waals surface area contributed by atoms with Gasteiger partial charge in [-0.1, -0.05) is 47.6 Å². The van der Waals surface area contributed by atoms with Gasteiger partial charge in [0.2, 0.25) is 0 Å². The number of carbonyl (C=O) groups excluding carboxylic acids is 1. The smallest absolute Gasteiger partial charge is 0.306 e. The Bertz CT molecular complexity index is 469. The van der Waals surface area contributed by atoms with Crippen molar-refractivity contribution in [3.05, 3.63) is 12.7 Å². The van der Waals surface area contributed by atoms with Gasteiger partial charge >= 0.3 is 5.97 Å². The molecule has 0 aliphatic carbocycles. The van der Waals surface area contributed by atoms with Crippen molar-refractivity contribution in [1.82, 2.24) is 0 Å². The largest absolute Gasteiger partial charge is 0.466 e. The summed E-state index contributed by atoms with van der Waals surface area (Å²) in [6.45, 7) is 29.3. The molecule has 0 amide bonds. The van der Waals surface area contributed by atoms with E-state index in [-0.39, 0.29) is 22.5 Å². The summed E-state index contributed by atoms with van der Waals surface area (Å²) < 4.78 is 18.2. The van der Waals surface area contributed by atoms with Crippen LogP contribution in [0.3, 0.4) is 0 Å². The maximum Gasteiger partial charge on any atom is 0.306 e. The molecular weight excluding hydrogens is 372 g/mol. The zero-order valence-corrected chi connectivity index (χ0v) is 21.7. The van der Waals surface area contributed by atoms with Gasteiger partial charge in [-0.25, -0.2) is 0 Å². The van der Waals surface area contributed by atoms with Gasteiger partial charge in [-0.3, -0.25) is 4.79 Å². The van der Waals surface area contributed by atoms with Crippen LogP contribution in [0.1, 0.15) is 54.9 Å². The van der Waals surface area contributed by atoms with Gasteiger partial charge in [-0.15, -0.1) is 6.58 Å². The molecule has 0 heterocycles. The van der Waals surface area contributed by atoms with E-state index in [1.807, 2.05) is 13.0 Å². The Labute approximate surface area is 170 Å². The molecule has 0 fully saturated rings. The van der Waals surface area contributed by atoms with E-state index < -0.39 is 22.0 Å². The monoisotopic (exact) mass is 416 g/mol. The maximum atomic E-state index is 12.3. The minimum absolute atomic E-state index is 0.101. The first-order valence-corrected chi connectivity index (χ1v) is 15.8. The van der Waals surface area contributed by atoms with Crippen LogP contribution in [0.25, 0.3) is 0 Å². The number of hydrogen-bond donors (Lipinski definition) is 0. The Balaban J connectivity index is 5.54. The number of ether oxygens (including phenoxy) is 1. The Hall–Kier alpha value is -0.436. The third-order valence-electron chi connectivity index (χ3n) is 6.29. The SMILES string of the molecule is C=CC(CO[Si](C)(C)C(C)(C)C)(CO[Si](C)(C)C(C)(C)C)CC(=O)OCC. The van der Waals surface area contributed by atoms with Gasteiger partial charge in [0.25, 0.3) is 0 Å². The molecule has 0 atom stereocenters. The van der Waals surface area contributed by atoms with Crippen LogP contribution in [0.4, 0.5) is 0 Å². The summed E-state index contributed by atoms with van der Waals surface area (Å²) in [6, 6.07) is 0. The van der Waals surface area contributed by atoms with Crippen LogP contribution >= 0.6 is 0 Å². The number of hydrogen-bond acceptors (Lipinski definition) is 4. The predicted molar refractivity (Wildman–Crippen MR) is 120 cm³/mol. The molecule has 27 heavy (non-hydrogen) atoms. The molecule has 160 valence electrons. The molecule has 0 bridgehead atoms. The van der Waals surface area contributed by atoms with Crippen LogP contribution in [0.5, 0.6) is 0 Å². The fraction of sp³-hybridized carbons (Fsp3) is 0.857. The molecule has 0 spiro atoms. The van der Waals surface area contributed by atoms with E-state index in [9.17, 15) is 4.79 Å². The summed E-state index contributed by atoms with van der Waals surface area (Å²) in [5.74, 6) is -0.227. The molecule has 0 rings (SSSR count). The lowest BCUT2D eigenvalue weighted by atomic mass is 9.86. The topological polar surface area (TPSA) is 44.8 Å². The minimum Gasteiger partial charge on any atom is -0.466 e. The van der Waals surface area contributed by atoms with Crippen LogP contribution in [-0.2, 0) is 18.4 Å². The third kappa shape index (κ3) is 7.83. The number of esters is 1. The first-order chi connectivity index (χ1) is 11.9. The minimum atomic E-state index is -1.96. The summed E-state index contributed by atoms with van der Waals surface area (Å²) >= 11 is 0. The van der Waals surface area contributed by atoms with Gasteiger partial charge in [0.1, 0.15) is 0 Å². The Morgan fingerprint density at radius 1 is 0.889 bits per heavy atom. The van der Waals surface area contributed by atoms with Gasteiger partial charge in [-0.2, -0.15) is 0 Å². The number of rotatable bonds is 10. The van der Waals surface area contributed by atoms with Crippen molar-refractivity contribution < 1.29 is 18.4 Å². The van der Waals surface area contributed by atoms with E-state index in [0.29, 0.717) is 19.8 Å². The van der Waals surface area contributed by atoms with Crippen LogP contribution < -0.4 is 0 Å². The molecule has 0 aliphatic rings. The molecule has 0 saturated heterocycles. The van der Waals surface area contributed by atoms with Gasteiger partial charge in [-0.05, 0) is 43.2 Å². The highest BCUT2D eigenvalue weighted by Crippen LogP contribution is 2.41. The van der Waals surface area contributed by atoms with Crippen molar-refractivity contribution in [2.75, 3.05) is 19.8 Å². The van der Waals surface area contributed by atoms with Gasteiger partial charge in [0.15, 0.2) is 16.6 Å². The zero-order chi connectivity index (χ0) is 21.7. The van der Waals surface area contributed by atoms with Crippen molar-refractivity contribution in [1.29, 1.82) is 0 Å². The fourth-order valence-corrected chi connectivity index (χ4v) is 4.08. The molecule has 0 saturated carbocycles. The van der Waals surface area contributed by atoms with E-state index in [1.54, 1.807) is 0 Å². The fourth-order valence-electron chi connectivity index (χ4n) is 1.91. The van der Waals surface area contributed by atoms with E-state index in [0.717, 1.165) is 0 Å². The van der Waals surface area contributed by atoms with Crippen LogP contribution in [-0.4, -0.2) is 42.4 Å². The summed E-state index contributed by atoms with van der Waals surface area (Å²) in [5.41, 5.74) is -0.572. The lowest BCUT2D eigenvalue weighted by Crippen LogP contribution is -2.48. The molecule has 0 N–H and O–H groups in total. The summed E-state index contributed by atoms with van der Waals surface area (Å²) in [5, 5.41) is 0.203. The summed E-state index contributed by atoms with van der Waals surface area (Å²) in [7, 11) is -3.91. The summed E-state index contributed by atoms with van der Waals surface area (Å²) in [4.78, 5) is 12.3. The molecule has 0 aromatic carbocycles. The van der Waals surface area contributed by atoms with Crippen molar-refractivity contribution in [3.8, 4) is 0 Å². The molecule has 6 heteroatoms. The third-order valence-corrected chi connectivity index (χ3v) is 15.2. The second kappa shape index (κ2) is 9.37. The van der Waals surface area contributed by atoms with E-state index >= 15 is 0 Å². The van der Waals surface area contributed by atoms with Crippen molar-refractivity contribution in [2.45, 2.75) is 91.2 Å². The Morgan fingerprint density at radius 3 is 1.52 bits per heavy atom. The maximum absolute atomic E-state index is 12.3. The van der Waals surface area contributed by atoms with Crippen molar-refractivity contribution in [3.63, 3.8) is 0 Å². The van der Waals surface area contributed by atoms with Crippen molar-refractivity contribution >= 4 is 22.6 Å². The average molecular weight is 417 g/mol. The van der Waals surface area contributed by atoms with Crippen LogP contribution in [0.15, 0.2) is 12.7 Å². The van der Waals surface area contributed by atoms with E-state index in [4.69, 9.17) is 13.6 Å². The first kappa shape index (κ1) is 26.6. The van der Waals surface area contributed by atoms with E-state index in [1.165, 1.54) is 0 Å². The second-order valence-electron chi connectivity index (χ2n) is 10.6. The highest BCUT2D eigenvalue weighted by atomic mass is 28.4. The van der Waals surface area contributed by atoms with Gasteiger partial charge in [0, 0.05) is 18.6 Å². The van der Waals surface area contributed by atoms with Crippen LogP contribution in [0.2, 0.25) is 36.3 Å². The predicted octanol–water partition coefficient (Wildman–Crippen LogP) is 6.16. The highest BCUT2D eigenvalue weighted by Gasteiger charge is 2.43. The Morgan fingerprint density at radius 2 is 1.26 bits per heavy atom. The lowest BCUT2D eigenvalue weighted by molar-refractivity contribution is -0.146. The molecule has 0 aliphatic heterocycles. The molecule has 0 aromatic heterocycles. The lowest BCUT2D eigenvalue weighted by Gasteiger charge is -2.42. The normalized spacial score (nSPS) is 14.2. The molecular formula is C21H44O4Si2. The summed E-state index contributed by atoms with van der Waals surface area (Å²) in [6.07, 6.45) is 2.07. The molecule has 4 nitrogen and oxygen atoms in total. The van der Waals surface area contributed by atoms with Crippen molar-refractivity contribution in [2.24, 2.45) is 5.41 Å². The quantitative estimate of drug-likeness (QED) is 0.243. The average Bonchev–Trinajstić information content (AvgIpc) is 2.48. The Kier molecular flexibility index (Phi) is 9.22. The molecule has 0 aromatic rings. The zero-order valence-electron chi connectivity index (χ0n) is 19.7. The second-order valence-corrected chi connectivity index (χ2v) is 20.3. The van der Waals surface area contributed by atoms with Crippen LogP contribution in [0, 0.1) is 5.41 Å². The molecule has 0 unspecified atom stereocenters. The van der Waals surface area contributed by atoms with E-state index in [2.05, 4.69) is 74.3 Å².